The third-order valence-electron chi connectivity index (χ3n) is 11.6. The van der Waals surface area contributed by atoms with Gasteiger partial charge in [0.1, 0.15) is 5.75 Å². The Morgan fingerprint density at radius 1 is 0.692 bits per heavy atom. The normalized spacial score (nSPS) is 18.0. The van der Waals surface area contributed by atoms with Crippen molar-refractivity contribution in [3.63, 3.8) is 0 Å². The topological polar surface area (TPSA) is 127 Å². The second-order valence-corrected chi connectivity index (χ2v) is 16.5. The molecule has 0 saturated carbocycles. The van der Waals surface area contributed by atoms with E-state index in [9.17, 15) is 32.3 Å². The number of hydrogen-bond donors (Lipinski definition) is 2. The van der Waals surface area contributed by atoms with Crippen molar-refractivity contribution in [1.82, 2.24) is 15.1 Å². The molecule has 2 aliphatic rings. The number of halogens is 3. The molecule has 2 N–H and O–H groups in total. The summed E-state index contributed by atoms with van der Waals surface area (Å²) in [6, 6.07) is 36.7. The van der Waals surface area contributed by atoms with E-state index in [4.69, 9.17) is 14.2 Å². The van der Waals surface area contributed by atoms with Crippen LogP contribution < -0.4 is 15.4 Å². The third kappa shape index (κ3) is 10.5. The van der Waals surface area contributed by atoms with E-state index in [1.165, 1.54) is 26.4 Å². The smallest absolute Gasteiger partial charge is 0.391 e. The molecule has 65 heavy (non-hydrogen) atoms. The van der Waals surface area contributed by atoms with Crippen LogP contribution >= 0.6 is 11.3 Å². The van der Waals surface area contributed by atoms with E-state index in [1.807, 2.05) is 66.0 Å². The van der Waals surface area contributed by atoms with Gasteiger partial charge in [-0.2, -0.15) is 13.2 Å². The van der Waals surface area contributed by atoms with Crippen LogP contribution in [0.25, 0.3) is 10.8 Å². The molecule has 338 valence electrons. The van der Waals surface area contributed by atoms with E-state index in [-0.39, 0.29) is 42.1 Å². The molecule has 5 aromatic carbocycles. The van der Waals surface area contributed by atoms with Crippen LogP contribution in [0.4, 0.5) is 18.9 Å². The number of methoxy groups -OCH3 is 3. The number of thiophene rings is 1. The number of rotatable bonds is 14. The van der Waals surface area contributed by atoms with Gasteiger partial charge in [-0.1, -0.05) is 91.0 Å². The molecule has 11 nitrogen and oxygen atoms in total. The number of alkyl halides is 3. The molecule has 2 aliphatic heterocycles. The zero-order valence-electron chi connectivity index (χ0n) is 36.0. The van der Waals surface area contributed by atoms with Crippen LogP contribution in [0.2, 0.25) is 0 Å². The number of hydrogen-bond acceptors (Lipinski definition) is 8. The zero-order valence-corrected chi connectivity index (χ0v) is 36.9. The van der Waals surface area contributed by atoms with Gasteiger partial charge in [-0.15, -0.1) is 11.3 Å². The first-order valence-electron chi connectivity index (χ1n) is 21.0. The van der Waals surface area contributed by atoms with E-state index in [2.05, 4.69) is 28.8 Å². The minimum atomic E-state index is -4.57. The minimum absolute atomic E-state index is 0.0481. The highest BCUT2D eigenvalue weighted by Crippen LogP contribution is 2.44. The molecule has 0 fully saturated rings. The van der Waals surface area contributed by atoms with Gasteiger partial charge in [0.25, 0.3) is 11.8 Å². The minimum Gasteiger partial charge on any atom is -0.497 e. The van der Waals surface area contributed by atoms with Crippen LogP contribution in [0.1, 0.15) is 66.6 Å². The fraction of sp³-hybridized carbons (Fsp3) is 0.280. The monoisotopic (exact) mass is 906 g/mol. The highest BCUT2D eigenvalue weighted by atomic mass is 32.1. The second-order valence-electron chi connectivity index (χ2n) is 15.5. The summed E-state index contributed by atoms with van der Waals surface area (Å²) in [7, 11) is 4.49. The van der Waals surface area contributed by atoms with Crippen LogP contribution in [-0.2, 0) is 25.6 Å². The Kier molecular flexibility index (Phi) is 15.0. The van der Waals surface area contributed by atoms with E-state index < -0.39 is 42.3 Å². The Morgan fingerprint density at radius 2 is 1.31 bits per heavy atom. The molecular weight excluding hydrogens is 858 g/mol. The van der Waals surface area contributed by atoms with Gasteiger partial charge < -0.3 is 34.6 Å². The molecule has 0 bridgehead atoms. The van der Waals surface area contributed by atoms with Crippen molar-refractivity contribution < 1.29 is 46.6 Å². The van der Waals surface area contributed by atoms with Gasteiger partial charge in [-0.3, -0.25) is 19.2 Å². The lowest BCUT2D eigenvalue weighted by Crippen LogP contribution is -2.53. The standard InChI is InChI=1S/C28H26N2O3S.C22H23F3N2O4/c1-33-16-15-30-26(24-14-7-17-34-24)25(22-12-4-5-13-23(22)28(30)32)27(31)29-18-20-10-6-9-19-8-2-3-11-21(19)20;1-30-11-10-27-18(13-22(23,24)25)19(16-8-3-4-9-17(16)21(27)29)20(28)26-14-6-5-7-15(12-14)31-2/h2-14,17,25-26H,15-16,18H2,1H3,(H,29,31);3-9,12,18-19H,10-11,13H2,1-2H3,(H,26,28). The summed E-state index contributed by atoms with van der Waals surface area (Å²) in [5.41, 5.74) is 3.29. The molecule has 1 aromatic heterocycles. The third-order valence-corrected chi connectivity index (χ3v) is 12.5. The van der Waals surface area contributed by atoms with Gasteiger partial charge in [0, 0.05) is 61.6 Å². The van der Waals surface area contributed by atoms with Gasteiger partial charge >= 0.3 is 6.18 Å². The van der Waals surface area contributed by atoms with Crippen molar-refractivity contribution in [2.24, 2.45) is 0 Å². The van der Waals surface area contributed by atoms with Crippen molar-refractivity contribution in [2.75, 3.05) is 52.9 Å². The highest BCUT2D eigenvalue weighted by molar-refractivity contribution is 7.10. The molecule has 6 aromatic rings. The average molecular weight is 907 g/mol. The first kappa shape index (κ1) is 46.4. The average Bonchev–Trinajstić information content (AvgIpc) is 3.85. The SMILES string of the molecule is COCCN1C(=O)c2ccccc2C(C(=O)NCc2cccc3ccccc23)C1c1cccs1.COCCN1C(=O)c2ccccc2C(C(=O)Nc2cccc(OC)c2)C1CC(F)(F)F. The molecule has 0 radical (unpaired) electrons. The lowest BCUT2D eigenvalue weighted by molar-refractivity contribution is -0.149. The highest BCUT2D eigenvalue weighted by Gasteiger charge is 2.48. The maximum absolute atomic E-state index is 13.8. The van der Waals surface area contributed by atoms with Crippen molar-refractivity contribution in [2.45, 2.75) is 43.1 Å². The molecule has 8 rings (SSSR count). The van der Waals surface area contributed by atoms with Crippen LogP contribution in [0, 0.1) is 0 Å². The van der Waals surface area contributed by atoms with Crippen molar-refractivity contribution in [3.8, 4) is 5.75 Å². The number of carbonyl (C=O) groups is 4. The Morgan fingerprint density at radius 3 is 1.97 bits per heavy atom. The van der Waals surface area contributed by atoms with E-state index in [0.717, 1.165) is 31.7 Å². The van der Waals surface area contributed by atoms with Crippen LogP contribution in [0.3, 0.4) is 0 Å². The maximum atomic E-state index is 13.8. The summed E-state index contributed by atoms with van der Waals surface area (Å²) in [4.78, 5) is 57.4. The molecule has 0 aliphatic carbocycles. The van der Waals surface area contributed by atoms with Crippen LogP contribution in [0.5, 0.6) is 5.75 Å². The summed E-state index contributed by atoms with van der Waals surface area (Å²) >= 11 is 1.57. The lowest BCUT2D eigenvalue weighted by Gasteiger charge is -2.41. The van der Waals surface area contributed by atoms with Gasteiger partial charge in [0.2, 0.25) is 11.8 Å². The van der Waals surface area contributed by atoms with Crippen molar-refractivity contribution in [1.29, 1.82) is 0 Å². The lowest BCUT2D eigenvalue weighted by atomic mass is 9.80. The Balaban J connectivity index is 0.000000195. The first-order valence-corrected chi connectivity index (χ1v) is 21.9. The molecular formula is C50H49F3N4O7S. The summed E-state index contributed by atoms with van der Waals surface area (Å²) in [5.74, 6) is -2.57. The summed E-state index contributed by atoms with van der Waals surface area (Å²) in [6.45, 7) is 1.22. The number of anilines is 1. The van der Waals surface area contributed by atoms with E-state index in [1.54, 1.807) is 59.7 Å². The largest absolute Gasteiger partial charge is 0.497 e. The van der Waals surface area contributed by atoms with E-state index >= 15 is 0 Å². The molecule has 0 spiro atoms. The van der Waals surface area contributed by atoms with Gasteiger partial charge in [0.15, 0.2) is 0 Å². The number of carbonyl (C=O) groups excluding carboxylic acids is 4. The summed E-state index contributed by atoms with van der Waals surface area (Å²) in [5, 5.41) is 10.1. The number of ether oxygens (including phenoxy) is 3. The second kappa shape index (κ2) is 21.0. The number of benzene rings is 5. The molecule has 15 heteroatoms. The number of fused-ring (bicyclic) bond motifs is 3. The fourth-order valence-corrected chi connectivity index (χ4v) is 9.51. The predicted molar refractivity (Wildman–Crippen MR) is 243 cm³/mol. The summed E-state index contributed by atoms with van der Waals surface area (Å²) < 4.78 is 55.9. The number of nitrogens with zero attached hydrogens (tertiary/aromatic N) is 2. The first-order chi connectivity index (χ1) is 31.4. The molecule has 4 atom stereocenters. The summed E-state index contributed by atoms with van der Waals surface area (Å²) in [6.07, 6.45) is -5.88. The van der Waals surface area contributed by atoms with Crippen LogP contribution in [-0.4, -0.2) is 93.3 Å². The molecule has 4 amide bonds. The van der Waals surface area contributed by atoms with Gasteiger partial charge in [-0.25, -0.2) is 0 Å². The molecule has 3 heterocycles. The van der Waals surface area contributed by atoms with E-state index in [0.29, 0.717) is 36.7 Å². The number of amides is 4. The van der Waals surface area contributed by atoms with Gasteiger partial charge in [0.05, 0.1) is 50.7 Å². The predicted octanol–water partition coefficient (Wildman–Crippen LogP) is 8.99. The fourth-order valence-electron chi connectivity index (χ4n) is 8.64. The quantitative estimate of drug-likeness (QED) is 0.112. The van der Waals surface area contributed by atoms with Gasteiger partial charge in [-0.05, 0) is 63.2 Å². The maximum Gasteiger partial charge on any atom is 0.391 e. The Hall–Kier alpha value is -6.55. The Labute approximate surface area is 379 Å². The Bertz CT molecular complexity index is 2620. The van der Waals surface area contributed by atoms with Crippen molar-refractivity contribution >= 4 is 51.4 Å². The van der Waals surface area contributed by atoms with Crippen LogP contribution in [0.15, 0.2) is 133 Å². The molecule has 0 saturated heterocycles. The number of nitrogens with one attached hydrogen (secondary N) is 2. The van der Waals surface area contributed by atoms with Crippen molar-refractivity contribution in [3.05, 3.63) is 165 Å². The molecule has 4 unspecified atom stereocenters. The zero-order chi connectivity index (χ0) is 46.1.